The number of β-amino-alcohol motifs (C(OH)–C–C–N with tert-alkyl or cyclic N) is 1. The maximum Gasteiger partial charge on any atom is 0.408 e. The average molecular weight is 559 g/mol. The Labute approximate surface area is 227 Å². The highest BCUT2D eigenvalue weighted by Crippen LogP contribution is 2.30. The van der Waals surface area contributed by atoms with Crippen LogP contribution in [0.1, 0.15) is 20.8 Å². The SMILES string of the molecule is CC(C)(C)C1CN(c2cccc(-n3ncc4cnc(-c5cnn(CC(F)(F)F)c5)cc43)n2)CC(O)CN1C(=O)O. The minimum absolute atomic E-state index is 0.00736. The minimum Gasteiger partial charge on any atom is -0.465 e. The molecule has 4 aromatic heterocycles. The number of hydrogen-bond acceptors (Lipinski definition) is 7. The second-order valence-corrected chi connectivity index (χ2v) is 11.0. The zero-order valence-corrected chi connectivity index (χ0v) is 22.1. The van der Waals surface area contributed by atoms with E-state index in [1.807, 2.05) is 25.7 Å². The Bertz CT molecular complexity index is 1530. The molecule has 0 aromatic carbocycles. The largest absolute Gasteiger partial charge is 0.465 e. The summed E-state index contributed by atoms with van der Waals surface area (Å²) in [7, 11) is 0. The molecule has 0 spiro atoms. The average Bonchev–Trinajstić information content (AvgIpc) is 3.45. The maximum absolute atomic E-state index is 12.8. The number of carbonyl (C=O) groups is 1. The Balaban J connectivity index is 1.48. The molecule has 1 aliphatic rings. The molecule has 5 heterocycles. The van der Waals surface area contributed by atoms with Crippen molar-refractivity contribution in [1.82, 2.24) is 34.4 Å². The molecule has 0 radical (unpaired) electrons. The Morgan fingerprint density at radius 3 is 2.50 bits per heavy atom. The van der Waals surface area contributed by atoms with Crippen LogP contribution in [0.5, 0.6) is 0 Å². The smallest absolute Gasteiger partial charge is 0.408 e. The van der Waals surface area contributed by atoms with Crippen LogP contribution in [0.3, 0.4) is 0 Å². The van der Waals surface area contributed by atoms with Gasteiger partial charge in [-0.2, -0.15) is 23.4 Å². The summed E-state index contributed by atoms with van der Waals surface area (Å²) in [5.74, 6) is 1.02. The zero-order chi connectivity index (χ0) is 28.8. The molecule has 14 heteroatoms. The molecule has 5 rings (SSSR count). The number of anilines is 1. The van der Waals surface area contributed by atoms with E-state index in [0.717, 1.165) is 4.68 Å². The van der Waals surface area contributed by atoms with Crippen molar-refractivity contribution in [1.29, 1.82) is 0 Å². The van der Waals surface area contributed by atoms with E-state index in [1.54, 1.807) is 41.3 Å². The minimum atomic E-state index is -4.39. The van der Waals surface area contributed by atoms with E-state index in [9.17, 15) is 28.2 Å². The second-order valence-electron chi connectivity index (χ2n) is 11.0. The topological polar surface area (TPSA) is 125 Å². The van der Waals surface area contributed by atoms with Crippen molar-refractivity contribution in [2.45, 2.75) is 45.6 Å². The number of fused-ring (bicyclic) bond motifs is 1. The van der Waals surface area contributed by atoms with Crippen LogP contribution in [-0.4, -0.2) is 88.7 Å². The number of aliphatic hydroxyl groups excluding tert-OH is 1. The first-order valence-electron chi connectivity index (χ1n) is 12.6. The molecular formula is C26H29F3N8O3. The lowest BCUT2D eigenvalue weighted by Crippen LogP contribution is -2.51. The van der Waals surface area contributed by atoms with Gasteiger partial charge in [0, 0.05) is 36.4 Å². The van der Waals surface area contributed by atoms with Gasteiger partial charge in [0.1, 0.15) is 12.4 Å². The molecule has 40 heavy (non-hydrogen) atoms. The number of aromatic nitrogens is 6. The monoisotopic (exact) mass is 558 g/mol. The number of halogens is 3. The number of hydrogen-bond donors (Lipinski definition) is 2. The molecule has 212 valence electrons. The van der Waals surface area contributed by atoms with Gasteiger partial charge in [-0.15, -0.1) is 0 Å². The lowest BCUT2D eigenvalue weighted by Gasteiger charge is -2.39. The molecule has 1 fully saturated rings. The molecule has 2 N–H and O–H groups in total. The van der Waals surface area contributed by atoms with E-state index in [4.69, 9.17) is 4.98 Å². The van der Waals surface area contributed by atoms with E-state index >= 15 is 0 Å². The van der Waals surface area contributed by atoms with Crippen LogP contribution in [0.25, 0.3) is 28.0 Å². The predicted octanol–water partition coefficient (Wildman–Crippen LogP) is 3.82. The number of pyridine rings is 2. The number of amides is 1. The van der Waals surface area contributed by atoms with Crippen molar-refractivity contribution < 1.29 is 28.2 Å². The van der Waals surface area contributed by atoms with Gasteiger partial charge in [-0.3, -0.25) is 9.67 Å². The quantitative estimate of drug-likeness (QED) is 0.387. The molecular weight excluding hydrogens is 529 g/mol. The van der Waals surface area contributed by atoms with Gasteiger partial charge < -0.3 is 20.0 Å². The molecule has 2 unspecified atom stereocenters. The standard InChI is InChI=1S/C26H29F3N8O3/c1-25(2,3)21-14-34(12-18(38)13-36(21)24(39)40)22-5-4-6-23(33-22)37-20-7-19(30-8-16(20)9-32-37)17-10-31-35(11-17)15-26(27,28)29/h4-11,18,21,38H,12-15H2,1-3H3,(H,39,40). The molecule has 1 aliphatic heterocycles. The Hall–Kier alpha value is -4.20. The Morgan fingerprint density at radius 1 is 1.05 bits per heavy atom. The summed E-state index contributed by atoms with van der Waals surface area (Å²) in [6.07, 6.45) is -0.570. The van der Waals surface area contributed by atoms with Gasteiger partial charge in [0.05, 0.1) is 42.3 Å². The van der Waals surface area contributed by atoms with E-state index in [-0.39, 0.29) is 13.1 Å². The number of carboxylic acid groups (broad SMARTS) is 1. The Morgan fingerprint density at radius 2 is 1.80 bits per heavy atom. The number of alkyl halides is 3. The van der Waals surface area contributed by atoms with Crippen LogP contribution >= 0.6 is 0 Å². The maximum atomic E-state index is 12.8. The van der Waals surface area contributed by atoms with E-state index in [1.165, 1.54) is 17.3 Å². The van der Waals surface area contributed by atoms with Crippen molar-refractivity contribution in [3.63, 3.8) is 0 Å². The second kappa shape index (κ2) is 10.1. The fourth-order valence-corrected chi connectivity index (χ4v) is 4.92. The van der Waals surface area contributed by atoms with Gasteiger partial charge in [0.15, 0.2) is 5.82 Å². The fraction of sp³-hybridized carbons (Fsp3) is 0.423. The third-order valence-corrected chi connectivity index (χ3v) is 6.84. The molecule has 1 saturated heterocycles. The van der Waals surface area contributed by atoms with Crippen molar-refractivity contribution in [3.8, 4) is 17.1 Å². The first-order chi connectivity index (χ1) is 18.8. The number of rotatable bonds is 4. The zero-order valence-electron chi connectivity index (χ0n) is 22.1. The van der Waals surface area contributed by atoms with Gasteiger partial charge in [0.2, 0.25) is 0 Å². The van der Waals surface area contributed by atoms with E-state index in [0.29, 0.717) is 40.3 Å². The van der Waals surface area contributed by atoms with Gasteiger partial charge in [-0.1, -0.05) is 26.8 Å². The molecule has 0 bridgehead atoms. The summed E-state index contributed by atoms with van der Waals surface area (Å²) >= 11 is 0. The fourth-order valence-electron chi connectivity index (χ4n) is 4.92. The molecule has 11 nitrogen and oxygen atoms in total. The Kier molecular flexibility index (Phi) is 6.90. The first kappa shape index (κ1) is 27.4. The molecule has 2 atom stereocenters. The molecule has 0 saturated carbocycles. The van der Waals surface area contributed by atoms with Crippen molar-refractivity contribution in [3.05, 3.63) is 49.1 Å². The van der Waals surface area contributed by atoms with Gasteiger partial charge in [0.25, 0.3) is 0 Å². The van der Waals surface area contributed by atoms with E-state index in [2.05, 4.69) is 15.2 Å². The lowest BCUT2D eigenvalue weighted by molar-refractivity contribution is -0.142. The number of aliphatic hydroxyl groups is 1. The lowest BCUT2D eigenvalue weighted by atomic mass is 9.85. The van der Waals surface area contributed by atoms with Crippen LogP contribution in [0, 0.1) is 5.41 Å². The van der Waals surface area contributed by atoms with Crippen molar-refractivity contribution in [2.75, 3.05) is 24.5 Å². The molecule has 0 aliphatic carbocycles. The highest BCUT2D eigenvalue weighted by Gasteiger charge is 2.39. The van der Waals surface area contributed by atoms with Gasteiger partial charge in [-0.05, 0) is 23.6 Å². The van der Waals surface area contributed by atoms with Gasteiger partial charge in [-0.25, -0.2) is 14.5 Å². The van der Waals surface area contributed by atoms with Crippen molar-refractivity contribution in [2.24, 2.45) is 5.41 Å². The van der Waals surface area contributed by atoms with Crippen LogP contribution < -0.4 is 4.90 Å². The summed E-state index contributed by atoms with van der Waals surface area (Å²) in [4.78, 5) is 24.3. The van der Waals surface area contributed by atoms with Crippen LogP contribution in [0.15, 0.2) is 49.1 Å². The normalized spacial score (nSPS) is 18.8. The molecule has 1 amide bonds. The third kappa shape index (κ3) is 5.71. The highest BCUT2D eigenvalue weighted by atomic mass is 19.4. The highest BCUT2D eigenvalue weighted by molar-refractivity contribution is 5.83. The van der Waals surface area contributed by atoms with Crippen LogP contribution in [0.4, 0.5) is 23.8 Å². The first-order valence-corrected chi connectivity index (χ1v) is 12.6. The summed E-state index contributed by atoms with van der Waals surface area (Å²) < 4.78 is 40.7. The molecule has 4 aromatic rings. The summed E-state index contributed by atoms with van der Waals surface area (Å²) in [6.45, 7) is 5.20. The summed E-state index contributed by atoms with van der Waals surface area (Å²) in [5.41, 5.74) is 1.10. The van der Waals surface area contributed by atoms with Gasteiger partial charge >= 0.3 is 12.3 Å². The summed E-state index contributed by atoms with van der Waals surface area (Å²) in [6, 6.07) is 6.66. The van der Waals surface area contributed by atoms with Crippen molar-refractivity contribution >= 4 is 22.8 Å². The van der Waals surface area contributed by atoms with Crippen LogP contribution in [0.2, 0.25) is 0 Å². The third-order valence-electron chi connectivity index (χ3n) is 6.84. The predicted molar refractivity (Wildman–Crippen MR) is 140 cm³/mol. The summed E-state index contributed by atoms with van der Waals surface area (Å²) in [5, 5.41) is 29.4. The number of nitrogens with zero attached hydrogens (tertiary/aromatic N) is 8. The van der Waals surface area contributed by atoms with E-state index < -0.39 is 36.4 Å². The van der Waals surface area contributed by atoms with Crippen LogP contribution in [-0.2, 0) is 6.54 Å².